The summed E-state index contributed by atoms with van der Waals surface area (Å²) in [7, 11) is 0.167. The number of hydrogen-bond donors (Lipinski definition) is 1. The van der Waals surface area contributed by atoms with Crippen LogP contribution < -0.4 is 9.62 Å². The molecule has 0 heterocycles. The van der Waals surface area contributed by atoms with E-state index in [4.69, 9.17) is 5.26 Å². The Labute approximate surface area is 131 Å². The molecule has 120 valence electrons. The molecule has 0 aliphatic rings. The molecular formula is C14H20N4O3S. The van der Waals surface area contributed by atoms with Crippen molar-refractivity contribution >= 4 is 21.6 Å². The fourth-order valence-corrected chi connectivity index (χ4v) is 2.56. The Balaban J connectivity index is 2.82. The van der Waals surface area contributed by atoms with Crippen molar-refractivity contribution in [3.8, 4) is 6.07 Å². The summed E-state index contributed by atoms with van der Waals surface area (Å²) in [6.45, 7) is 0.816. The predicted octanol–water partition coefficient (Wildman–Crippen LogP) is 0.00208. The molecule has 0 atom stereocenters. The van der Waals surface area contributed by atoms with Gasteiger partial charge in [-0.15, -0.1) is 0 Å². The molecule has 0 aliphatic carbocycles. The third-order valence-electron chi connectivity index (χ3n) is 2.85. The standard InChI is InChI=1S/C14H20N4O3S/c1-17(2)9-8-16-14(19)11-18(22(3,20)21)13-6-4-12(10-15)5-7-13/h4-7H,8-9,11H2,1-3H3,(H,16,19). The van der Waals surface area contributed by atoms with Crippen LogP contribution in [0.2, 0.25) is 0 Å². The maximum atomic E-state index is 11.9. The second-order valence-electron chi connectivity index (χ2n) is 5.08. The Bertz CT molecular complexity index is 648. The maximum absolute atomic E-state index is 11.9. The topological polar surface area (TPSA) is 93.5 Å². The quantitative estimate of drug-likeness (QED) is 0.762. The SMILES string of the molecule is CN(C)CCNC(=O)CN(c1ccc(C#N)cc1)S(C)(=O)=O. The van der Waals surface area contributed by atoms with Crippen LogP contribution in [0, 0.1) is 11.3 Å². The third kappa shape index (κ3) is 5.71. The lowest BCUT2D eigenvalue weighted by Gasteiger charge is -2.22. The average Bonchev–Trinajstić information content (AvgIpc) is 2.43. The molecule has 0 aromatic heterocycles. The number of anilines is 1. The number of hydrogen-bond acceptors (Lipinski definition) is 5. The molecule has 0 saturated heterocycles. The summed E-state index contributed by atoms with van der Waals surface area (Å²) in [6.07, 6.45) is 1.04. The van der Waals surface area contributed by atoms with Gasteiger partial charge < -0.3 is 10.2 Å². The molecule has 1 N–H and O–H groups in total. The Hall–Kier alpha value is -2.11. The minimum Gasteiger partial charge on any atom is -0.353 e. The maximum Gasteiger partial charge on any atom is 0.240 e. The van der Waals surface area contributed by atoms with E-state index < -0.39 is 10.0 Å². The largest absolute Gasteiger partial charge is 0.353 e. The summed E-state index contributed by atoms with van der Waals surface area (Å²) >= 11 is 0. The van der Waals surface area contributed by atoms with Crippen molar-refractivity contribution in [1.82, 2.24) is 10.2 Å². The molecule has 0 radical (unpaired) electrons. The zero-order chi connectivity index (χ0) is 16.8. The first kappa shape index (κ1) is 17.9. The van der Waals surface area contributed by atoms with Gasteiger partial charge in [-0.1, -0.05) is 0 Å². The number of carbonyl (C=O) groups is 1. The number of benzene rings is 1. The molecule has 0 unspecified atom stereocenters. The zero-order valence-corrected chi connectivity index (χ0v) is 13.7. The van der Waals surface area contributed by atoms with Gasteiger partial charge in [-0.05, 0) is 38.4 Å². The molecule has 1 rings (SSSR count). The van der Waals surface area contributed by atoms with Gasteiger partial charge in [-0.3, -0.25) is 9.10 Å². The molecular weight excluding hydrogens is 304 g/mol. The molecule has 8 heteroatoms. The average molecular weight is 324 g/mol. The van der Waals surface area contributed by atoms with E-state index in [1.54, 1.807) is 0 Å². The Morgan fingerprint density at radius 1 is 1.27 bits per heavy atom. The van der Waals surface area contributed by atoms with E-state index in [0.717, 1.165) is 10.6 Å². The third-order valence-corrected chi connectivity index (χ3v) is 3.99. The van der Waals surface area contributed by atoms with E-state index >= 15 is 0 Å². The van der Waals surface area contributed by atoms with Gasteiger partial charge in [-0.2, -0.15) is 5.26 Å². The van der Waals surface area contributed by atoms with E-state index in [1.807, 2.05) is 25.1 Å². The Morgan fingerprint density at radius 3 is 2.32 bits per heavy atom. The van der Waals surface area contributed by atoms with Crippen LogP contribution >= 0.6 is 0 Å². The molecule has 0 spiro atoms. The van der Waals surface area contributed by atoms with Gasteiger partial charge in [0.1, 0.15) is 6.54 Å². The first-order valence-corrected chi connectivity index (χ1v) is 8.48. The van der Waals surface area contributed by atoms with Crippen LogP contribution in [-0.2, 0) is 14.8 Å². The number of nitrogens with zero attached hydrogens (tertiary/aromatic N) is 3. The molecule has 7 nitrogen and oxygen atoms in total. The minimum atomic E-state index is -3.59. The number of likely N-dealkylation sites (N-methyl/N-ethyl adjacent to an activating group) is 1. The summed E-state index contributed by atoms with van der Waals surface area (Å²) in [4.78, 5) is 13.8. The molecule has 0 saturated carbocycles. The highest BCUT2D eigenvalue weighted by molar-refractivity contribution is 7.92. The van der Waals surface area contributed by atoms with E-state index in [-0.39, 0.29) is 12.5 Å². The molecule has 0 fully saturated rings. The lowest BCUT2D eigenvalue weighted by molar-refractivity contribution is -0.119. The summed E-state index contributed by atoms with van der Waals surface area (Å²) in [6, 6.07) is 8.00. The van der Waals surface area contributed by atoms with Gasteiger partial charge in [0.25, 0.3) is 0 Å². The normalized spacial score (nSPS) is 11.0. The highest BCUT2D eigenvalue weighted by Gasteiger charge is 2.20. The number of carbonyl (C=O) groups excluding carboxylic acids is 1. The summed E-state index contributed by atoms with van der Waals surface area (Å²) in [5.41, 5.74) is 0.775. The summed E-state index contributed by atoms with van der Waals surface area (Å²) < 4.78 is 24.8. The monoisotopic (exact) mass is 324 g/mol. The summed E-state index contributed by atoms with van der Waals surface area (Å²) in [5, 5.41) is 11.4. The van der Waals surface area contributed by atoms with Crippen molar-refractivity contribution in [2.45, 2.75) is 0 Å². The van der Waals surface area contributed by atoms with Crippen molar-refractivity contribution in [1.29, 1.82) is 5.26 Å². The predicted molar refractivity (Wildman–Crippen MR) is 84.9 cm³/mol. The van der Waals surface area contributed by atoms with Crippen molar-refractivity contribution in [2.75, 3.05) is 44.3 Å². The molecule has 0 aliphatic heterocycles. The number of rotatable bonds is 7. The Kier molecular flexibility index (Phi) is 6.34. The van der Waals surface area contributed by atoms with Gasteiger partial charge in [0.05, 0.1) is 23.6 Å². The van der Waals surface area contributed by atoms with Gasteiger partial charge in [0.15, 0.2) is 0 Å². The highest BCUT2D eigenvalue weighted by atomic mass is 32.2. The number of nitrogens with one attached hydrogen (secondary N) is 1. The summed E-state index contributed by atoms with van der Waals surface area (Å²) in [5.74, 6) is -0.378. The fourth-order valence-electron chi connectivity index (χ4n) is 1.71. The first-order valence-electron chi connectivity index (χ1n) is 6.63. The van der Waals surface area contributed by atoms with Gasteiger partial charge >= 0.3 is 0 Å². The number of amides is 1. The van der Waals surface area contributed by atoms with Crippen molar-refractivity contribution < 1.29 is 13.2 Å². The molecule has 1 amide bonds. The Morgan fingerprint density at radius 2 is 1.86 bits per heavy atom. The second kappa shape index (κ2) is 7.77. The first-order chi connectivity index (χ1) is 10.2. The van der Waals surface area contributed by atoms with E-state index in [2.05, 4.69) is 5.32 Å². The van der Waals surface area contributed by atoms with Crippen LogP contribution in [0.3, 0.4) is 0 Å². The zero-order valence-electron chi connectivity index (χ0n) is 12.9. The van der Waals surface area contributed by atoms with E-state index in [9.17, 15) is 13.2 Å². The lowest BCUT2D eigenvalue weighted by Crippen LogP contribution is -2.42. The fraction of sp³-hybridized carbons (Fsp3) is 0.429. The van der Waals surface area contributed by atoms with Crippen LogP contribution in [0.15, 0.2) is 24.3 Å². The number of sulfonamides is 1. The van der Waals surface area contributed by atoms with E-state index in [1.165, 1.54) is 24.3 Å². The van der Waals surface area contributed by atoms with Gasteiger partial charge in [-0.25, -0.2) is 8.42 Å². The lowest BCUT2D eigenvalue weighted by atomic mass is 10.2. The molecule has 22 heavy (non-hydrogen) atoms. The number of nitriles is 1. The highest BCUT2D eigenvalue weighted by Crippen LogP contribution is 2.17. The van der Waals surface area contributed by atoms with Crippen LogP contribution in [0.25, 0.3) is 0 Å². The smallest absolute Gasteiger partial charge is 0.240 e. The van der Waals surface area contributed by atoms with E-state index in [0.29, 0.717) is 24.3 Å². The molecule has 0 bridgehead atoms. The minimum absolute atomic E-state index is 0.293. The second-order valence-corrected chi connectivity index (χ2v) is 6.99. The van der Waals surface area contributed by atoms with Crippen LogP contribution in [0.1, 0.15) is 5.56 Å². The van der Waals surface area contributed by atoms with Crippen molar-refractivity contribution in [2.24, 2.45) is 0 Å². The molecule has 1 aromatic rings. The van der Waals surface area contributed by atoms with Gasteiger partial charge in [0.2, 0.25) is 15.9 Å². The molecule has 1 aromatic carbocycles. The van der Waals surface area contributed by atoms with Crippen molar-refractivity contribution in [3.05, 3.63) is 29.8 Å². The van der Waals surface area contributed by atoms with Crippen LogP contribution in [0.4, 0.5) is 5.69 Å². The van der Waals surface area contributed by atoms with Gasteiger partial charge in [0, 0.05) is 13.1 Å². The van der Waals surface area contributed by atoms with Crippen LogP contribution in [-0.4, -0.2) is 59.2 Å². The van der Waals surface area contributed by atoms with Crippen molar-refractivity contribution in [3.63, 3.8) is 0 Å². The van der Waals surface area contributed by atoms with Crippen LogP contribution in [0.5, 0.6) is 0 Å².